The molecule has 1 atom stereocenters. The monoisotopic (exact) mass is 299 g/mol. The van der Waals surface area contributed by atoms with Crippen LogP contribution in [0, 0.1) is 5.92 Å². The van der Waals surface area contributed by atoms with Gasteiger partial charge in [-0.3, -0.25) is 0 Å². The average Bonchev–Trinajstić information content (AvgIpc) is 2.31. The van der Waals surface area contributed by atoms with E-state index in [1.54, 1.807) is 7.11 Å². The molecule has 0 aliphatic carbocycles. The molecule has 3 heteroatoms. The Hall–Kier alpha value is -0.540. The van der Waals surface area contributed by atoms with E-state index >= 15 is 0 Å². The number of ether oxygens (including phenoxy) is 1. The van der Waals surface area contributed by atoms with E-state index in [2.05, 4.69) is 42.8 Å². The summed E-state index contributed by atoms with van der Waals surface area (Å²) in [5.41, 5.74) is 7.52. The zero-order valence-electron chi connectivity index (χ0n) is 11.1. The Morgan fingerprint density at radius 1 is 1.41 bits per heavy atom. The van der Waals surface area contributed by atoms with E-state index < -0.39 is 0 Å². The van der Waals surface area contributed by atoms with Crippen molar-refractivity contribution in [3.63, 3.8) is 0 Å². The lowest BCUT2D eigenvalue weighted by molar-refractivity contribution is 0.295. The first-order valence-electron chi connectivity index (χ1n) is 6.04. The minimum atomic E-state index is -0.158. The normalized spacial score (nSPS) is 14.8. The van der Waals surface area contributed by atoms with Crippen LogP contribution < -0.4 is 10.5 Å². The van der Waals surface area contributed by atoms with Gasteiger partial charge in [0.05, 0.1) is 7.11 Å². The number of methoxy groups -OCH3 is 1. The molecule has 0 fully saturated rings. The molecule has 0 aliphatic rings. The maximum atomic E-state index is 6.47. The third kappa shape index (κ3) is 3.46. The molecule has 0 aromatic heterocycles. The molecule has 0 saturated heterocycles. The quantitative estimate of drug-likeness (QED) is 0.898. The summed E-state index contributed by atoms with van der Waals surface area (Å²) in [4.78, 5) is 0. The summed E-state index contributed by atoms with van der Waals surface area (Å²) in [5, 5.41) is 0. The van der Waals surface area contributed by atoms with Crippen LogP contribution in [-0.4, -0.2) is 12.6 Å². The van der Waals surface area contributed by atoms with Gasteiger partial charge >= 0.3 is 0 Å². The second kappa shape index (κ2) is 5.87. The fourth-order valence-corrected chi connectivity index (χ4v) is 2.29. The Morgan fingerprint density at radius 3 is 2.53 bits per heavy atom. The maximum absolute atomic E-state index is 6.47. The molecule has 0 aliphatic heterocycles. The van der Waals surface area contributed by atoms with Gasteiger partial charge in [0.15, 0.2) is 0 Å². The molecular weight excluding hydrogens is 278 g/mol. The highest BCUT2D eigenvalue weighted by atomic mass is 79.9. The molecule has 1 unspecified atom stereocenters. The van der Waals surface area contributed by atoms with Gasteiger partial charge in [-0.05, 0) is 42.5 Å². The second-order valence-electron chi connectivity index (χ2n) is 4.88. The smallest absolute Gasteiger partial charge is 0.119 e. The van der Waals surface area contributed by atoms with Crippen LogP contribution in [0.5, 0.6) is 5.75 Å². The first-order valence-corrected chi connectivity index (χ1v) is 6.83. The van der Waals surface area contributed by atoms with Gasteiger partial charge in [-0.2, -0.15) is 0 Å². The Kier molecular flexibility index (Phi) is 5.02. The Balaban J connectivity index is 3.00. The number of benzene rings is 1. The standard InChI is InChI=1S/C14H22BrNO/c1-5-14(16,10(2)3)9-11-8-12(17-4)6-7-13(11)15/h6-8,10H,5,9,16H2,1-4H3. The van der Waals surface area contributed by atoms with Crippen molar-refractivity contribution in [1.82, 2.24) is 0 Å². The Bertz CT molecular complexity index is 378. The summed E-state index contributed by atoms with van der Waals surface area (Å²) >= 11 is 3.58. The Morgan fingerprint density at radius 2 is 2.06 bits per heavy atom. The number of rotatable bonds is 5. The average molecular weight is 300 g/mol. The van der Waals surface area contributed by atoms with Crippen LogP contribution in [0.4, 0.5) is 0 Å². The van der Waals surface area contributed by atoms with Crippen molar-refractivity contribution >= 4 is 15.9 Å². The molecule has 0 radical (unpaired) electrons. The molecule has 2 nitrogen and oxygen atoms in total. The Labute approximate surface area is 113 Å². The lowest BCUT2D eigenvalue weighted by Crippen LogP contribution is -2.46. The lowest BCUT2D eigenvalue weighted by Gasteiger charge is -2.33. The minimum Gasteiger partial charge on any atom is -0.497 e. The van der Waals surface area contributed by atoms with E-state index in [1.807, 2.05) is 12.1 Å². The predicted octanol–water partition coefficient (Wildman–Crippen LogP) is 3.76. The van der Waals surface area contributed by atoms with Gasteiger partial charge < -0.3 is 10.5 Å². The van der Waals surface area contributed by atoms with Crippen LogP contribution in [0.1, 0.15) is 32.8 Å². The van der Waals surface area contributed by atoms with Crippen LogP contribution in [0.25, 0.3) is 0 Å². The maximum Gasteiger partial charge on any atom is 0.119 e. The third-order valence-corrected chi connectivity index (χ3v) is 4.35. The van der Waals surface area contributed by atoms with Crippen molar-refractivity contribution in [1.29, 1.82) is 0 Å². The minimum absolute atomic E-state index is 0.158. The summed E-state index contributed by atoms with van der Waals surface area (Å²) in [6.45, 7) is 6.50. The predicted molar refractivity (Wildman–Crippen MR) is 76.4 cm³/mol. The molecule has 0 spiro atoms. The molecule has 0 saturated carbocycles. The van der Waals surface area contributed by atoms with Crippen LogP contribution >= 0.6 is 15.9 Å². The first kappa shape index (κ1) is 14.5. The van der Waals surface area contributed by atoms with Crippen LogP contribution in [0.2, 0.25) is 0 Å². The highest BCUT2D eigenvalue weighted by molar-refractivity contribution is 9.10. The summed E-state index contributed by atoms with van der Waals surface area (Å²) in [6.07, 6.45) is 1.83. The van der Waals surface area contributed by atoms with Crippen LogP contribution in [0.3, 0.4) is 0 Å². The summed E-state index contributed by atoms with van der Waals surface area (Å²) in [7, 11) is 1.69. The van der Waals surface area contributed by atoms with E-state index in [-0.39, 0.29) is 5.54 Å². The van der Waals surface area contributed by atoms with E-state index in [4.69, 9.17) is 10.5 Å². The molecule has 2 N–H and O–H groups in total. The van der Waals surface area contributed by atoms with Crippen LogP contribution in [-0.2, 0) is 6.42 Å². The van der Waals surface area contributed by atoms with E-state index in [1.165, 1.54) is 5.56 Å². The van der Waals surface area contributed by atoms with Gasteiger partial charge in [-0.25, -0.2) is 0 Å². The van der Waals surface area contributed by atoms with E-state index in [0.717, 1.165) is 23.1 Å². The van der Waals surface area contributed by atoms with Crippen molar-refractivity contribution in [2.75, 3.05) is 7.11 Å². The number of halogens is 1. The summed E-state index contributed by atoms with van der Waals surface area (Å²) in [5.74, 6) is 1.33. The summed E-state index contributed by atoms with van der Waals surface area (Å²) in [6, 6.07) is 6.03. The number of hydrogen-bond donors (Lipinski definition) is 1. The third-order valence-electron chi connectivity index (χ3n) is 3.58. The number of hydrogen-bond acceptors (Lipinski definition) is 2. The number of nitrogens with two attached hydrogens (primary N) is 1. The van der Waals surface area contributed by atoms with Gasteiger partial charge in [0.1, 0.15) is 5.75 Å². The van der Waals surface area contributed by atoms with Gasteiger partial charge in [-0.1, -0.05) is 36.7 Å². The van der Waals surface area contributed by atoms with Crippen molar-refractivity contribution in [2.24, 2.45) is 11.7 Å². The summed E-state index contributed by atoms with van der Waals surface area (Å²) < 4.78 is 6.36. The molecule has 1 rings (SSSR count). The molecule has 0 heterocycles. The topological polar surface area (TPSA) is 35.2 Å². The van der Waals surface area contributed by atoms with Crippen LogP contribution in [0.15, 0.2) is 22.7 Å². The van der Waals surface area contributed by atoms with Gasteiger partial charge in [0.2, 0.25) is 0 Å². The first-order chi connectivity index (χ1) is 7.92. The zero-order chi connectivity index (χ0) is 13.1. The molecule has 0 bridgehead atoms. The molecular formula is C14H22BrNO. The SMILES string of the molecule is CCC(N)(Cc1cc(OC)ccc1Br)C(C)C. The fourth-order valence-electron chi connectivity index (χ4n) is 1.91. The van der Waals surface area contributed by atoms with Gasteiger partial charge in [-0.15, -0.1) is 0 Å². The van der Waals surface area contributed by atoms with Crippen molar-refractivity contribution in [2.45, 2.75) is 39.2 Å². The van der Waals surface area contributed by atoms with Gasteiger partial charge in [0.25, 0.3) is 0 Å². The lowest BCUT2D eigenvalue weighted by atomic mass is 9.80. The van der Waals surface area contributed by atoms with Crippen molar-refractivity contribution in [3.8, 4) is 5.75 Å². The highest BCUT2D eigenvalue weighted by Crippen LogP contribution is 2.29. The molecule has 17 heavy (non-hydrogen) atoms. The molecule has 1 aromatic rings. The zero-order valence-corrected chi connectivity index (χ0v) is 12.7. The second-order valence-corrected chi connectivity index (χ2v) is 5.73. The van der Waals surface area contributed by atoms with E-state index in [9.17, 15) is 0 Å². The largest absolute Gasteiger partial charge is 0.497 e. The fraction of sp³-hybridized carbons (Fsp3) is 0.571. The van der Waals surface area contributed by atoms with Gasteiger partial charge in [0, 0.05) is 10.0 Å². The van der Waals surface area contributed by atoms with Crippen molar-refractivity contribution < 1.29 is 4.74 Å². The molecule has 96 valence electrons. The van der Waals surface area contributed by atoms with E-state index in [0.29, 0.717) is 5.92 Å². The van der Waals surface area contributed by atoms with Crippen molar-refractivity contribution in [3.05, 3.63) is 28.2 Å². The molecule has 0 amide bonds. The highest BCUT2D eigenvalue weighted by Gasteiger charge is 2.28. The molecule has 1 aromatic carbocycles.